The minimum atomic E-state index is 0.00571. The molecule has 0 atom stereocenters. The van der Waals surface area contributed by atoms with Crippen LogP contribution in [0.5, 0.6) is 5.75 Å². The van der Waals surface area contributed by atoms with Gasteiger partial charge in [0.15, 0.2) is 5.13 Å². The van der Waals surface area contributed by atoms with Crippen LogP contribution in [0.4, 0.5) is 5.13 Å². The number of nitrogens with zero attached hydrogens (tertiary/aromatic N) is 3. The number of carbonyl (C=O) groups excluding carboxylic acids is 1. The largest absolute Gasteiger partial charge is 0.494 e. The number of rotatable bonds is 3. The smallest absolute Gasteiger partial charge is 0.254 e. The second-order valence-electron chi connectivity index (χ2n) is 6.21. The molecule has 0 radical (unpaired) electrons. The summed E-state index contributed by atoms with van der Waals surface area (Å²) in [6.07, 6.45) is 0. The van der Waals surface area contributed by atoms with E-state index in [9.17, 15) is 4.79 Å². The molecule has 0 saturated carbocycles. The molecule has 27 heavy (non-hydrogen) atoms. The average molecular weight is 422 g/mol. The van der Waals surface area contributed by atoms with E-state index < -0.39 is 0 Å². The first-order valence-electron chi connectivity index (χ1n) is 8.49. The molecule has 140 valence electrons. The Bertz CT molecular complexity index is 1000. The normalized spacial score (nSPS) is 14.6. The molecule has 8 heteroatoms. The highest BCUT2D eigenvalue weighted by Gasteiger charge is 2.25. The van der Waals surface area contributed by atoms with Gasteiger partial charge in [-0.25, -0.2) is 4.98 Å². The van der Waals surface area contributed by atoms with E-state index >= 15 is 0 Å². The monoisotopic (exact) mass is 421 g/mol. The Balaban J connectivity index is 1.50. The van der Waals surface area contributed by atoms with Crippen molar-refractivity contribution in [3.8, 4) is 5.75 Å². The molecule has 2 heterocycles. The van der Waals surface area contributed by atoms with Crippen molar-refractivity contribution in [2.24, 2.45) is 0 Å². The fourth-order valence-electron chi connectivity index (χ4n) is 3.15. The average Bonchev–Trinajstić information content (AvgIpc) is 3.14. The van der Waals surface area contributed by atoms with E-state index in [4.69, 9.17) is 32.9 Å². The zero-order valence-corrected chi connectivity index (χ0v) is 16.9. The van der Waals surface area contributed by atoms with Crippen molar-refractivity contribution < 1.29 is 9.53 Å². The van der Waals surface area contributed by atoms with Gasteiger partial charge in [0.2, 0.25) is 0 Å². The van der Waals surface area contributed by atoms with Gasteiger partial charge < -0.3 is 14.5 Å². The lowest BCUT2D eigenvalue weighted by Crippen LogP contribution is -2.48. The van der Waals surface area contributed by atoms with E-state index in [1.807, 2.05) is 17.0 Å². The van der Waals surface area contributed by atoms with Crippen LogP contribution in [-0.2, 0) is 0 Å². The summed E-state index contributed by atoms with van der Waals surface area (Å²) in [6, 6.07) is 10.7. The van der Waals surface area contributed by atoms with Crippen LogP contribution in [0.1, 0.15) is 10.4 Å². The molecule has 1 amide bonds. The molecule has 1 aliphatic heterocycles. The summed E-state index contributed by atoms with van der Waals surface area (Å²) in [5, 5.41) is 2.13. The lowest BCUT2D eigenvalue weighted by Gasteiger charge is -2.34. The SMILES string of the molecule is COc1ccc(Cl)c2sc(N3CCN(C(=O)c4cccc(Cl)c4)CC3)nc12. The van der Waals surface area contributed by atoms with E-state index in [1.54, 1.807) is 42.7 Å². The lowest BCUT2D eigenvalue weighted by atomic mass is 10.2. The van der Waals surface area contributed by atoms with E-state index in [0.29, 0.717) is 47.5 Å². The Morgan fingerprint density at radius 3 is 2.63 bits per heavy atom. The number of anilines is 1. The fourth-order valence-corrected chi connectivity index (χ4v) is 4.64. The fraction of sp³-hybridized carbons (Fsp3) is 0.263. The summed E-state index contributed by atoms with van der Waals surface area (Å²) in [4.78, 5) is 21.4. The molecular weight excluding hydrogens is 405 g/mol. The van der Waals surface area contributed by atoms with Gasteiger partial charge in [0.05, 0.1) is 16.8 Å². The Labute approximate surface area is 171 Å². The predicted octanol–water partition coefficient (Wildman–Crippen LogP) is 4.57. The van der Waals surface area contributed by atoms with Gasteiger partial charge in [0.25, 0.3) is 5.91 Å². The molecule has 2 aromatic carbocycles. The molecule has 1 fully saturated rings. The number of aromatic nitrogens is 1. The molecule has 4 rings (SSSR count). The van der Waals surface area contributed by atoms with Crippen LogP contribution in [0.15, 0.2) is 36.4 Å². The van der Waals surface area contributed by atoms with E-state index in [0.717, 1.165) is 15.3 Å². The zero-order valence-electron chi connectivity index (χ0n) is 14.6. The number of amides is 1. The zero-order chi connectivity index (χ0) is 19.0. The highest BCUT2D eigenvalue weighted by molar-refractivity contribution is 7.22. The highest BCUT2D eigenvalue weighted by atomic mass is 35.5. The standard InChI is InChI=1S/C19H17Cl2N3O2S/c1-26-15-6-5-14(21)17-16(15)22-19(27-17)24-9-7-23(8-10-24)18(25)12-3-2-4-13(20)11-12/h2-6,11H,7-10H2,1H3. The van der Waals surface area contributed by atoms with Crippen molar-refractivity contribution in [2.75, 3.05) is 38.2 Å². The molecule has 0 aliphatic carbocycles. The van der Waals surface area contributed by atoms with Crippen molar-refractivity contribution >= 4 is 55.8 Å². The molecule has 3 aromatic rings. The second kappa shape index (κ2) is 7.54. The summed E-state index contributed by atoms with van der Waals surface area (Å²) < 4.78 is 6.31. The van der Waals surface area contributed by atoms with Crippen molar-refractivity contribution in [3.63, 3.8) is 0 Å². The maximum Gasteiger partial charge on any atom is 0.254 e. The molecule has 0 bridgehead atoms. The number of hydrogen-bond acceptors (Lipinski definition) is 5. The van der Waals surface area contributed by atoms with Crippen LogP contribution >= 0.6 is 34.5 Å². The topological polar surface area (TPSA) is 45.7 Å². The van der Waals surface area contributed by atoms with E-state index in [-0.39, 0.29) is 5.91 Å². The van der Waals surface area contributed by atoms with Crippen LogP contribution in [-0.4, -0.2) is 49.1 Å². The second-order valence-corrected chi connectivity index (χ2v) is 8.03. The Kier molecular flexibility index (Phi) is 5.12. The number of halogens is 2. The molecular formula is C19H17Cl2N3O2S. The van der Waals surface area contributed by atoms with Gasteiger partial charge in [-0.15, -0.1) is 0 Å². The van der Waals surface area contributed by atoms with Crippen LogP contribution in [0.3, 0.4) is 0 Å². The third kappa shape index (κ3) is 3.57. The van der Waals surface area contributed by atoms with Gasteiger partial charge in [-0.3, -0.25) is 4.79 Å². The summed E-state index contributed by atoms with van der Waals surface area (Å²) in [7, 11) is 1.63. The Morgan fingerprint density at radius 2 is 1.93 bits per heavy atom. The third-order valence-corrected chi connectivity index (χ3v) is 6.39. The summed E-state index contributed by atoms with van der Waals surface area (Å²) >= 11 is 13.9. The van der Waals surface area contributed by atoms with Gasteiger partial charge >= 0.3 is 0 Å². The van der Waals surface area contributed by atoms with Crippen molar-refractivity contribution in [2.45, 2.75) is 0 Å². The molecule has 0 N–H and O–H groups in total. The summed E-state index contributed by atoms with van der Waals surface area (Å²) in [5.41, 5.74) is 1.40. The molecule has 1 aliphatic rings. The Hall–Kier alpha value is -2.02. The van der Waals surface area contributed by atoms with Crippen molar-refractivity contribution in [1.82, 2.24) is 9.88 Å². The number of fused-ring (bicyclic) bond motifs is 1. The molecule has 1 saturated heterocycles. The summed E-state index contributed by atoms with van der Waals surface area (Å²) in [6.45, 7) is 2.69. The minimum Gasteiger partial charge on any atom is -0.494 e. The van der Waals surface area contributed by atoms with Gasteiger partial charge in [-0.05, 0) is 30.3 Å². The number of thiazole rings is 1. The maximum atomic E-state index is 12.7. The number of methoxy groups -OCH3 is 1. The van der Waals surface area contributed by atoms with E-state index in [2.05, 4.69) is 4.90 Å². The molecule has 0 unspecified atom stereocenters. The van der Waals surface area contributed by atoms with Gasteiger partial charge in [0, 0.05) is 36.8 Å². The molecule has 5 nitrogen and oxygen atoms in total. The Morgan fingerprint density at radius 1 is 1.15 bits per heavy atom. The maximum absolute atomic E-state index is 12.7. The van der Waals surface area contributed by atoms with Gasteiger partial charge in [-0.2, -0.15) is 0 Å². The minimum absolute atomic E-state index is 0.00571. The first-order chi connectivity index (χ1) is 13.1. The first kappa shape index (κ1) is 18.3. The predicted molar refractivity (Wildman–Crippen MR) is 111 cm³/mol. The molecule has 0 spiro atoms. The quantitative estimate of drug-likeness (QED) is 0.620. The van der Waals surface area contributed by atoms with E-state index in [1.165, 1.54) is 0 Å². The van der Waals surface area contributed by atoms with Crippen LogP contribution in [0.25, 0.3) is 10.2 Å². The number of ether oxygens (including phenoxy) is 1. The number of carbonyl (C=O) groups is 1. The van der Waals surface area contributed by atoms with Crippen LogP contribution in [0, 0.1) is 0 Å². The first-order valence-corrected chi connectivity index (χ1v) is 10.1. The highest BCUT2D eigenvalue weighted by Crippen LogP contribution is 2.38. The van der Waals surface area contributed by atoms with Crippen LogP contribution < -0.4 is 9.64 Å². The number of piperazine rings is 1. The van der Waals surface area contributed by atoms with Crippen molar-refractivity contribution in [3.05, 3.63) is 52.0 Å². The third-order valence-electron chi connectivity index (χ3n) is 4.58. The van der Waals surface area contributed by atoms with Gasteiger partial charge in [-0.1, -0.05) is 40.6 Å². The summed E-state index contributed by atoms with van der Waals surface area (Å²) in [5.74, 6) is 0.720. The van der Waals surface area contributed by atoms with Crippen LogP contribution in [0.2, 0.25) is 10.0 Å². The number of hydrogen-bond donors (Lipinski definition) is 0. The lowest BCUT2D eigenvalue weighted by molar-refractivity contribution is 0.0747. The molecule has 1 aromatic heterocycles. The van der Waals surface area contributed by atoms with Gasteiger partial charge in [0.1, 0.15) is 11.3 Å². The van der Waals surface area contributed by atoms with Crippen molar-refractivity contribution in [1.29, 1.82) is 0 Å². The number of benzene rings is 2.